The van der Waals surface area contributed by atoms with Gasteiger partial charge in [0.05, 0.1) is 26.9 Å². The standard InChI is InChI=1S/C20H24F2N2O5/c1-4-27-16-9-7-14(11-17(16)28-5-2)24-19(25)12-23-13-6-8-15(26-3)18(10-13)29-20(21)22/h6-11,20,23H,4-5,12H2,1-3H3,(H,24,25). The van der Waals surface area contributed by atoms with Gasteiger partial charge >= 0.3 is 6.61 Å². The number of halogens is 2. The summed E-state index contributed by atoms with van der Waals surface area (Å²) in [6.07, 6.45) is 0. The second kappa shape index (κ2) is 10.9. The summed E-state index contributed by atoms with van der Waals surface area (Å²) in [5, 5.41) is 5.59. The van der Waals surface area contributed by atoms with Crippen LogP contribution in [-0.4, -0.2) is 39.4 Å². The van der Waals surface area contributed by atoms with Crippen molar-refractivity contribution in [2.75, 3.05) is 37.5 Å². The number of nitrogens with one attached hydrogen (secondary N) is 2. The summed E-state index contributed by atoms with van der Waals surface area (Å²) < 4.78 is 45.4. The highest BCUT2D eigenvalue weighted by atomic mass is 19.3. The van der Waals surface area contributed by atoms with Crippen LogP contribution in [0.25, 0.3) is 0 Å². The SMILES string of the molecule is CCOc1ccc(NC(=O)CNc2ccc(OC)c(OC(F)F)c2)cc1OCC. The van der Waals surface area contributed by atoms with Crippen LogP contribution in [0.5, 0.6) is 23.0 Å². The molecule has 0 fully saturated rings. The van der Waals surface area contributed by atoms with Crippen LogP contribution < -0.4 is 29.6 Å². The quantitative estimate of drug-likeness (QED) is 0.580. The van der Waals surface area contributed by atoms with E-state index in [1.54, 1.807) is 24.3 Å². The van der Waals surface area contributed by atoms with Gasteiger partial charge in [0.2, 0.25) is 5.91 Å². The molecular weight excluding hydrogens is 386 g/mol. The first-order chi connectivity index (χ1) is 14.0. The van der Waals surface area contributed by atoms with E-state index < -0.39 is 6.61 Å². The van der Waals surface area contributed by atoms with Gasteiger partial charge < -0.3 is 29.6 Å². The van der Waals surface area contributed by atoms with E-state index in [0.29, 0.717) is 36.1 Å². The summed E-state index contributed by atoms with van der Waals surface area (Å²) in [5.74, 6) is 0.835. The Morgan fingerprint density at radius 3 is 2.21 bits per heavy atom. The van der Waals surface area contributed by atoms with Gasteiger partial charge in [0.1, 0.15) is 0 Å². The number of hydrogen-bond donors (Lipinski definition) is 2. The Hall–Kier alpha value is -3.23. The van der Waals surface area contributed by atoms with Crippen LogP contribution in [0.1, 0.15) is 13.8 Å². The van der Waals surface area contributed by atoms with Gasteiger partial charge in [0.25, 0.3) is 0 Å². The number of anilines is 2. The van der Waals surface area contributed by atoms with E-state index in [0.717, 1.165) is 0 Å². The first-order valence-electron chi connectivity index (χ1n) is 9.03. The van der Waals surface area contributed by atoms with Crippen molar-refractivity contribution in [2.24, 2.45) is 0 Å². The Labute approximate surface area is 167 Å². The highest BCUT2D eigenvalue weighted by Crippen LogP contribution is 2.32. The molecule has 0 radical (unpaired) electrons. The average molecular weight is 410 g/mol. The normalized spacial score (nSPS) is 10.4. The molecular formula is C20H24F2N2O5. The monoisotopic (exact) mass is 410 g/mol. The Kier molecular flexibility index (Phi) is 8.32. The van der Waals surface area contributed by atoms with Crippen LogP contribution in [0.3, 0.4) is 0 Å². The van der Waals surface area contributed by atoms with E-state index in [9.17, 15) is 13.6 Å². The Bertz CT molecular complexity index is 817. The lowest BCUT2D eigenvalue weighted by molar-refractivity contribution is -0.114. The molecule has 0 aromatic heterocycles. The molecule has 158 valence electrons. The Morgan fingerprint density at radius 1 is 0.931 bits per heavy atom. The van der Waals surface area contributed by atoms with E-state index in [-0.39, 0.29) is 24.0 Å². The predicted octanol–water partition coefficient (Wildman–Crippen LogP) is 4.14. The number of amides is 1. The molecule has 2 aromatic rings. The number of alkyl halides is 2. The smallest absolute Gasteiger partial charge is 0.387 e. The number of methoxy groups -OCH3 is 1. The van der Waals surface area contributed by atoms with Crippen LogP contribution in [-0.2, 0) is 4.79 Å². The molecule has 2 N–H and O–H groups in total. The van der Waals surface area contributed by atoms with Crippen molar-refractivity contribution in [1.29, 1.82) is 0 Å². The Balaban J connectivity index is 2.00. The van der Waals surface area contributed by atoms with Gasteiger partial charge in [0, 0.05) is 23.5 Å². The number of hydrogen-bond acceptors (Lipinski definition) is 6. The second-order valence-corrected chi connectivity index (χ2v) is 5.67. The first-order valence-corrected chi connectivity index (χ1v) is 9.03. The molecule has 0 aliphatic carbocycles. The summed E-state index contributed by atoms with van der Waals surface area (Å²) in [4.78, 5) is 12.2. The third kappa shape index (κ3) is 6.70. The van der Waals surface area contributed by atoms with Crippen molar-refractivity contribution in [1.82, 2.24) is 0 Å². The van der Waals surface area contributed by atoms with Crippen LogP contribution in [0, 0.1) is 0 Å². The molecule has 0 saturated carbocycles. The zero-order valence-corrected chi connectivity index (χ0v) is 16.5. The highest BCUT2D eigenvalue weighted by Gasteiger charge is 2.12. The molecule has 0 saturated heterocycles. The average Bonchev–Trinajstić information content (AvgIpc) is 2.68. The molecule has 29 heavy (non-hydrogen) atoms. The van der Waals surface area contributed by atoms with Crippen LogP contribution in [0.15, 0.2) is 36.4 Å². The van der Waals surface area contributed by atoms with Gasteiger partial charge in [-0.05, 0) is 38.1 Å². The fourth-order valence-corrected chi connectivity index (χ4v) is 2.49. The van der Waals surface area contributed by atoms with Gasteiger partial charge in [-0.2, -0.15) is 8.78 Å². The molecule has 0 heterocycles. The molecule has 0 aliphatic rings. The zero-order valence-electron chi connectivity index (χ0n) is 16.5. The van der Waals surface area contributed by atoms with E-state index in [2.05, 4.69) is 15.4 Å². The summed E-state index contributed by atoms with van der Waals surface area (Å²) in [6.45, 7) is 1.60. The number of carbonyl (C=O) groups is 1. The topological polar surface area (TPSA) is 78.1 Å². The maximum atomic E-state index is 12.5. The van der Waals surface area contributed by atoms with E-state index in [1.165, 1.54) is 19.2 Å². The van der Waals surface area contributed by atoms with Crippen molar-refractivity contribution in [3.8, 4) is 23.0 Å². The summed E-state index contributed by atoms with van der Waals surface area (Å²) in [5.41, 5.74) is 0.971. The first kappa shape index (κ1) is 22.1. The molecule has 0 unspecified atom stereocenters. The van der Waals surface area contributed by atoms with Crippen molar-refractivity contribution in [3.05, 3.63) is 36.4 Å². The van der Waals surface area contributed by atoms with Gasteiger partial charge in [-0.25, -0.2) is 0 Å². The maximum absolute atomic E-state index is 12.5. The predicted molar refractivity (Wildman–Crippen MR) is 106 cm³/mol. The highest BCUT2D eigenvalue weighted by molar-refractivity contribution is 5.94. The molecule has 2 aromatic carbocycles. The van der Waals surface area contributed by atoms with Crippen LogP contribution in [0.4, 0.5) is 20.2 Å². The number of rotatable bonds is 11. The Morgan fingerprint density at radius 2 is 1.55 bits per heavy atom. The number of ether oxygens (including phenoxy) is 4. The molecule has 0 spiro atoms. The lowest BCUT2D eigenvalue weighted by Crippen LogP contribution is -2.21. The third-order valence-corrected chi connectivity index (χ3v) is 3.66. The van der Waals surface area contributed by atoms with Gasteiger partial charge in [-0.1, -0.05) is 0 Å². The minimum Gasteiger partial charge on any atom is -0.493 e. The van der Waals surface area contributed by atoms with Crippen molar-refractivity contribution < 1.29 is 32.5 Å². The largest absolute Gasteiger partial charge is 0.493 e. The van der Waals surface area contributed by atoms with Crippen molar-refractivity contribution >= 4 is 17.3 Å². The molecule has 0 atom stereocenters. The van der Waals surface area contributed by atoms with Gasteiger partial charge in [-0.3, -0.25) is 4.79 Å². The molecule has 0 bridgehead atoms. The molecule has 9 heteroatoms. The molecule has 2 rings (SSSR count). The minimum atomic E-state index is -2.98. The van der Waals surface area contributed by atoms with Gasteiger partial charge in [-0.15, -0.1) is 0 Å². The van der Waals surface area contributed by atoms with E-state index in [4.69, 9.17) is 14.2 Å². The third-order valence-electron chi connectivity index (χ3n) is 3.66. The van der Waals surface area contributed by atoms with Gasteiger partial charge in [0.15, 0.2) is 23.0 Å². The lowest BCUT2D eigenvalue weighted by atomic mass is 10.2. The fraction of sp³-hybridized carbons (Fsp3) is 0.350. The zero-order chi connectivity index (χ0) is 21.2. The van der Waals surface area contributed by atoms with E-state index in [1.807, 2.05) is 13.8 Å². The van der Waals surface area contributed by atoms with E-state index >= 15 is 0 Å². The van der Waals surface area contributed by atoms with Crippen molar-refractivity contribution in [2.45, 2.75) is 20.5 Å². The summed E-state index contributed by atoms with van der Waals surface area (Å²) in [6, 6.07) is 9.49. The minimum absolute atomic E-state index is 0.0857. The van der Waals surface area contributed by atoms with Crippen LogP contribution in [0.2, 0.25) is 0 Å². The molecule has 1 amide bonds. The maximum Gasteiger partial charge on any atom is 0.387 e. The lowest BCUT2D eigenvalue weighted by Gasteiger charge is -2.14. The molecule has 7 nitrogen and oxygen atoms in total. The molecule has 0 aliphatic heterocycles. The number of carbonyl (C=O) groups excluding carboxylic acids is 1. The van der Waals surface area contributed by atoms with Crippen LogP contribution >= 0.6 is 0 Å². The second-order valence-electron chi connectivity index (χ2n) is 5.67. The summed E-state index contributed by atoms with van der Waals surface area (Å²) in [7, 11) is 1.35. The van der Waals surface area contributed by atoms with Crippen molar-refractivity contribution in [3.63, 3.8) is 0 Å². The summed E-state index contributed by atoms with van der Waals surface area (Å²) >= 11 is 0. The fourth-order valence-electron chi connectivity index (χ4n) is 2.49. The number of benzene rings is 2.